The smallest absolute Gasteiger partial charge is 0.0594 e. The number of aliphatic hydroxyl groups is 1. The maximum absolute atomic E-state index is 10.8. The van der Waals surface area contributed by atoms with Crippen molar-refractivity contribution < 1.29 is 5.11 Å². The van der Waals surface area contributed by atoms with Gasteiger partial charge in [0.15, 0.2) is 0 Å². The lowest BCUT2D eigenvalue weighted by molar-refractivity contribution is -0.161. The molecule has 5 fully saturated rings. The van der Waals surface area contributed by atoms with Crippen molar-refractivity contribution in [2.75, 3.05) is 0 Å². The normalized spacial score (nSPS) is 53.3. The van der Waals surface area contributed by atoms with Gasteiger partial charge < -0.3 is 5.11 Å². The predicted octanol–water partition coefficient (Wildman–Crippen LogP) is 8.25. The summed E-state index contributed by atoms with van der Waals surface area (Å²) in [7, 11) is 0. The Bertz CT molecular complexity index is 709. The van der Waals surface area contributed by atoms with Crippen LogP contribution in [0, 0.1) is 56.7 Å². The summed E-state index contributed by atoms with van der Waals surface area (Å²) in [6.45, 7) is 17.7. The maximum Gasteiger partial charge on any atom is 0.0594 e. The number of aliphatic hydroxyl groups excluding tert-OH is 1. The summed E-state index contributed by atoms with van der Waals surface area (Å²) in [5.74, 6) is 4.41. The molecule has 5 aliphatic rings. The van der Waals surface area contributed by atoms with E-state index in [-0.39, 0.29) is 11.5 Å². The molecule has 0 aromatic carbocycles. The molecular weight excluding hydrogens is 376 g/mol. The van der Waals surface area contributed by atoms with Crippen molar-refractivity contribution in [3.05, 3.63) is 0 Å². The molecule has 1 N–H and O–H groups in total. The topological polar surface area (TPSA) is 20.2 Å². The zero-order valence-corrected chi connectivity index (χ0v) is 21.9. The van der Waals surface area contributed by atoms with Gasteiger partial charge in [-0.25, -0.2) is 0 Å². The molecular formula is C30H52O. The van der Waals surface area contributed by atoms with E-state index in [9.17, 15) is 5.11 Å². The van der Waals surface area contributed by atoms with E-state index in [0.717, 1.165) is 36.0 Å². The SMILES string of the molecule is CC(C)CCC[C@@H](C)[C@@H]1CC[C@@]2(C)[C@@H]3CC[C@H]4C(C)(C)[C@@H](O)CC[C@@]45C[C@@]35CC[C@]12C. The van der Waals surface area contributed by atoms with Crippen molar-refractivity contribution in [2.45, 2.75) is 132 Å². The van der Waals surface area contributed by atoms with Crippen LogP contribution in [0.1, 0.15) is 126 Å². The predicted molar refractivity (Wildman–Crippen MR) is 131 cm³/mol. The van der Waals surface area contributed by atoms with Crippen LogP contribution >= 0.6 is 0 Å². The fourth-order valence-corrected chi connectivity index (χ4v) is 11.3. The van der Waals surface area contributed by atoms with Gasteiger partial charge in [-0.05, 0) is 114 Å². The Labute approximate surface area is 193 Å². The molecule has 0 radical (unpaired) electrons. The van der Waals surface area contributed by atoms with Crippen molar-refractivity contribution in [2.24, 2.45) is 56.7 Å². The van der Waals surface area contributed by atoms with Crippen molar-refractivity contribution in [3.63, 3.8) is 0 Å². The Morgan fingerprint density at radius 1 is 0.742 bits per heavy atom. The second kappa shape index (κ2) is 6.99. The van der Waals surface area contributed by atoms with Crippen molar-refractivity contribution in [1.82, 2.24) is 0 Å². The summed E-state index contributed by atoms with van der Waals surface area (Å²) in [6, 6.07) is 0. The van der Waals surface area contributed by atoms with Crippen LogP contribution in [0.4, 0.5) is 0 Å². The van der Waals surface area contributed by atoms with Crippen molar-refractivity contribution >= 4 is 0 Å². The van der Waals surface area contributed by atoms with Gasteiger partial charge in [-0.1, -0.05) is 67.7 Å². The third kappa shape index (κ3) is 2.77. The molecule has 2 spiro atoms. The maximum atomic E-state index is 10.8. The fourth-order valence-electron chi connectivity index (χ4n) is 11.3. The number of hydrogen-bond acceptors (Lipinski definition) is 1. The van der Waals surface area contributed by atoms with Crippen LogP contribution in [-0.4, -0.2) is 11.2 Å². The van der Waals surface area contributed by atoms with Crippen LogP contribution in [0.15, 0.2) is 0 Å². The second-order valence-electron chi connectivity index (χ2n) is 14.8. The third-order valence-electron chi connectivity index (χ3n) is 13.3. The molecule has 0 aromatic rings. The summed E-state index contributed by atoms with van der Waals surface area (Å²) in [5.41, 5.74) is 2.45. The van der Waals surface area contributed by atoms with E-state index in [1.807, 2.05) is 0 Å². The molecule has 178 valence electrons. The average Bonchev–Trinajstić information content (AvgIpc) is 3.27. The van der Waals surface area contributed by atoms with E-state index in [1.54, 1.807) is 0 Å². The Hall–Kier alpha value is -0.0400. The molecule has 1 nitrogen and oxygen atoms in total. The van der Waals surface area contributed by atoms with Gasteiger partial charge in [-0.15, -0.1) is 0 Å². The summed E-state index contributed by atoms with van der Waals surface area (Å²) in [6.07, 6.45) is 16.9. The average molecular weight is 429 g/mol. The monoisotopic (exact) mass is 428 g/mol. The first-order chi connectivity index (χ1) is 14.4. The molecule has 5 saturated carbocycles. The van der Waals surface area contributed by atoms with E-state index < -0.39 is 0 Å². The number of rotatable bonds is 5. The first-order valence-corrected chi connectivity index (χ1v) is 14.1. The van der Waals surface area contributed by atoms with Crippen molar-refractivity contribution in [3.8, 4) is 0 Å². The second-order valence-corrected chi connectivity index (χ2v) is 14.8. The van der Waals surface area contributed by atoms with Gasteiger partial charge in [0.1, 0.15) is 0 Å². The molecule has 1 heteroatoms. The molecule has 0 saturated heterocycles. The first kappa shape index (κ1) is 22.7. The van der Waals surface area contributed by atoms with Gasteiger partial charge in [0, 0.05) is 0 Å². The first-order valence-electron chi connectivity index (χ1n) is 14.1. The van der Waals surface area contributed by atoms with Crippen LogP contribution < -0.4 is 0 Å². The van der Waals surface area contributed by atoms with Gasteiger partial charge >= 0.3 is 0 Å². The van der Waals surface area contributed by atoms with Gasteiger partial charge in [0.05, 0.1) is 6.10 Å². The Kier molecular flexibility index (Phi) is 5.13. The Morgan fingerprint density at radius 2 is 1.42 bits per heavy atom. The highest BCUT2D eigenvalue weighted by molar-refractivity contribution is 5.30. The molecule has 0 aromatic heterocycles. The molecule has 0 amide bonds. The van der Waals surface area contributed by atoms with Crippen molar-refractivity contribution in [1.29, 1.82) is 0 Å². The highest BCUT2D eigenvalue weighted by Gasteiger charge is 2.82. The van der Waals surface area contributed by atoms with E-state index in [1.165, 1.54) is 70.6 Å². The van der Waals surface area contributed by atoms with Crippen LogP contribution in [0.3, 0.4) is 0 Å². The fraction of sp³-hybridized carbons (Fsp3) is 1.00. The number of hydrogen-bond donors (Lipinski definition) is 1. The zero-order chi connectivity index (χ0) is 22.4. The van der Waals surface area contributed by atoms with E-state index >= 15 is 0 Å². The summed E-state index contributed by atoms with van der Waals surface area (Å²) < 4.78 is 0. The molecule has 5 rings (SSSR count). The molecule has 0 unspecified atom stereocenters. The van der Waals surface area contributed by atoms with Gasteiger partial charge in [-0.2, -0.15) is 0 Å². The Morgan fingerprint density at radius 3 is 2.13 bits per heavy atom. The quantitative estimate of drug-likeness (QED) is 0.467. The molecule has 9 atom stereocenters. The minimum Gasteiger partial charge on any atom is -0.393 e. The van der Waals surface area contributed by atoms with Crippen LogP contribution in [0.25, 0.3) is 0 Å². The van der Waals surface area contributed by atoms with E-state index in [4.69, 9.17) is 0 Å². The number of fused-ring (bicyclic) bond motifs is 2. The highest BCUT2D eigenvalue weighted by Crippen LogP contribution is 2.89. The van der Waals surface area contributed by atoms with Gasteiger partial charge in [0.2, 0.25) is 0 Å². The van der Waals surface area contributed by atoms with E-state index in [0.29, 0.717) is 21.7 Å². The van der Waals surface area contributed by atoms with Gasteiger partial charge in [0.25, 0.3) is 0 Å². The van der Waals surface area contributed by atoms with Crippen LogP contribution in [0.5, 0.6) is 0 Å². The third-order valence-corrected chi connectivity index (χ3v) is 13.3. The van der Waals surface area contributed by atoms with E-state index in [2.05, 4.69) is 48.5 Å². The van der Waals surface area contributed by atoms with Crippen LogP contribution in [-0.2, 0) is 0 Å². The summed E-state index contributed by atoms with van der Waals surface area (Å²) in [5, 5.41) is 10.8. The lowest BCUT2D eigenvalue weighted by Gasteiger charge is -2.63. The van der Waals surface area contributed by atoms with Gasteiger partial charge in [-0.3, -0.25) is 0 Å². The molecule has 5 aliphatic carbocycles. The standard InChI is InChI=1S/C30H52O/c1-20(2)9-8-10-21(3)22-13-15-28(7)24-12-11-23-26(4,5)25(31)14-16-29(23)19-30(24,29)18-17-27(22,28)6/h20-25,31H,8-19H2,1-7H3/t21-,22+,23+,24+,25+,27-,28+,29-,30+/m1/s1. The lowest BCUT2D eigenvalue weighted by Crippen LogP contribution is -2.57. The summed E-state index contributed by atoms with van der Waals surface area (Å²) >= 11 is 0. The highest BCUT2D eigenvalue weighted by atomic mass is 16.3. The Balaban J connectivity index is 1.39. The molecule has 31 heavy (non-hydrogen) atoms. The largest absolute Gasteiger partial charge is 0.393 e. The minimum absolute atomic E-state index is 0.0793. The zero-order valence-electron chi connectivity index (χ0n) is 21.9. The lowest BCUT2D eigenvalue weighted by atomic mass is 9.41. The summed E-state index contributed by atoms with van der Waals surface area (Å²) in [4.78, 5) is 0. The minimum atomic E-state index is -0.0793. The van der Waals surface area contributed by atoms with Crippen LogP contribution in [0.2, 0.25) is 0 Å². The molecule has 0 aliphatic heterocycles. The molecule has 0 heterocycles. The molecule has 0 bridgehead atoms.